The zero-order chi connectivity index (χ0) is 20.5. The highest BCUT2D eigenvalue weighted by Crippen LogP contribution is 2.18. The average Bonchev–Trinajstić information content (AvgIpc) is 2.74. The molecule has 3 rings (SSSR count). The van der Waals surface area contributed by atoms with Crippen molar-refractivity contribution in [2.24, 2.45) is 4.99 Å². The quantitative estimate of drug-likeness (QED) is 0.202. The molecule has 0 aliphatic heterocycles. The first-order chi connectivity index (χ1) is 14.1. The van der Waals surface area contributed by atoms with Crippen LogP contribution in [-0.2, 0) is 0 Å². The van der Waals surface area contributed by atoms with Gasteiger partial charge in [-0.2, -0.15) is 0 Å². The first-order valence-electron chi connectivity index (χ1n) is 9.80. The Morgan fingerprint density at radius 1 is 0.966 bits per heavy atom. The number of benzene rings is 3. The molecule has 0 unspecified atom stereocenters. The molecule has 0 aliphatic rings. The number of carbonyl (C=O) groups excluding carboxylic acids is 1. The van der Waals surface area contributed by atoms with Crippen LogP contribution >= 0.6 is 0 Å². The topological polar surface area (TPSA) is 47.9 Å². The minimum absolute atomic E-state index is 0.397. The smallest absolute Gasteiger partial charge is 0.343 e. The molecule has 0 saturated carbocycles. The fraction of sp³-hybridized carbons (Fsp3) is 0.200. The maximum atomic E-state index is 12.3. The van der Waals surface area contributed by atoms with E-state index in [0.717, 1.165) is 29.8 Å². The number of hydrogen-bond donors (Lipinski definition) is 0. The van der Waals surface area contributed by atoms with E-state index >= 15 is 0 Å². The predicted molar refractivity (Wildman–Crippen MR) is 117 cm³/mol. The second-order valence-corrected chi connectivity index (χ2v) is 6.78. The van der Waals surface area contributed by atoms with Crippen LogP contribution in [0, 0.1) is 6.92 Å². The van der Waals surface area contributed by atoms with Crippen molar-refractivity contribution in [1.29, 1.82) is 0 Å². The summed E-state index contributed by atoms with van der Waals surface area (Å²) >= 11 is 0. The summed E-state index contributed by atoms with van der Waals surface area (Å²) < 4.78 is 11.1. The molecular weight excluding hydrogens is 362 g/mol. The van der Waals surface area contributed by atoms with Crippen LogP contribution in [0.4, 0.5) is 5.69 Å². The molecule has 0 fully saturated rings. The highest BCUT2D eigenvalue weighted by Gasteiger charge is 2.08. The van der Waals surface area contributed by atoms with Crippen molar-refractivity contribution in [2.75, 3.05) is 6.61 Å². The van der Waals surface area contributed by atoms with Gasteiger partial charge in [-0.25, -0.2) is 4.79 Å². The van der Waals surface area contributed by atoms with Crippen molar-refractivity contribution in [2.45, 2.75) is 26.7 Å². The van der Waals surface area contributed by atoms with Crippen LogP contribution in [0.1, 0.15) is 41.3 Å². The summed E-state index contributed by atoms with van der Waals surface area (Å²) in [5.41, 5.74) is 3.49. The van der Waals surface area contributed by atoms with Gasteiger partial charge in [-0.1, -0.05) is 25.5 Å². The predicted octanol–water partition coefficient (Wildman–Crippen LogP) is 6.14. The summed E-state index contributed by atoms with van der Waals surface area (Å²) in [6, 6.07) is 22.3. The van der Waals surface area contributed by atoms with Crippen LogP contribution in [0.2, 0.25) is 0 Å². The second kappa shape index (κ2) is 10.2. The van der Waals surface area contributed by atoms with E-state index in [1.54, 1.807) is 42.6 Å². The van der Waals surface area contributed by atoms with Gasteiger partial charge in [-0.05, 0) is 85.1 Å². The third-order valence-electron chi connectivity index (χ3n) is 4.31. The standard InChI is InChI=1S/C25H25NO3/c1-3-4-16-28-23-14-10-21(11-15-23)25(27)29-24-12-8-20(9-13-24)18-26-22-7-5-6-19(2)17-22/h5-15,17-18H,3-4,16H2,1-2H3. The number of nitrogens with zero attached hydrogens (tertiary/aromatic N) is 1. The lowest BCUT2D eigenvalue weighted by Crippen LogP contribution is -2.08. The molecular formula is C25H25NO3. The first-order valence-corrected chi connectivity index (χ1v) is 9.80. The zero-order valence-electron chi connectivity index (χ0n) is 16.8. The first kappa shape index (κ1) is 20.3. The molecule has 0 spiro atoms. The summed E-state index contributed by atoms with van der Waals surface area (Å²) in [5, 5.41) is 0. The molecule has 0 heterocycles. The lowest BCUT2D eigenvalue weighted by Gasteiger charge is -2.07. The fourth-order valence-electron chi connectivity index (χ4n) is 2.67. The van der Waals surface area contributed by atoms with E-state index in [1.807, 2.05) is 43.3 Å². The van der Waals surface area contributed by atoms with Gasteiger partial charge >= 0.3 is 5.97 Å². The number of carbonyl (C=O) groups is 1. The number of aryl methyl sites for hydroxylation is 1. The average molecular weight is 387 g/mol. The van der Waals surface area contributed by atoms with E-state index in [1.165, 1.54) is 5.56 Å². The number of aliphatic imine (C=N–C) groups is 1. The van der Waals surface area contributed by atoms with Crippen molar-refractivity contribution in [3.8, 4) is 11.5 Å². The van der Waals surface area contributed by atoms with E-state index in [-0.39, 0.29) is 0 Å². The summed E-state index contributed by atoms with van der Waals surface area (Å²) in [6.07, 6.45) is 3.88. The maximum absolute atomic E-state index is 12.3. The van der Waals surface area contributed by atoms with E-state index in [9.17, 15) is 4.79 Å². The van der Waals surface area contributed by atoms with Gasteiger partial charge < -0.3 is 9.47 Å². The lowest BCUT2D eigenvalue weighted by atomic mass is 10.2. The molecule has 0 N–H and O–H groups in total. The maximum Gasteiger partial charge on any atom is 0.343 e. The van der Waals surface area contributed by atoms with Gasteiger partial charge in [-0.3, -0.25) is 4.99 Å². The molecule has 0 aliphatic carbocycles. The molecule has 0 atom stereocenters. The number of rotatable bonds is 8. The summed E-state index contributed by atoms with van der Waals surface area (Å²) in [4.78, 5) is 16.8. The molecule has 0 amide bonds. The number of hydrogen-bond acceptors (Lipinski definition) is 4. The molecule has 3 aromatic carbocycles. The number of unbranched alkanes of at least 4 members (excludes halogenated alkanes) is 1. The summed E-state index contributed by atoms with van der Waals surface area (Å²) in [6.45, 7) is 4.83. The van der Waals surface area contributed by atoms with Crippen LogP contribution in [0.15, 0.2) is 77.8 Å². The van der Waals surface area contributed by atoms with Gasteiger partial charge in [0.15, 0.2) is 0 Å². The van der Waals surface area contributed by atoms with Crippen molar-refractivity contribution < 1.29 is 14.3 Å². The molecule has 4 heteroatoms. The SMILES string of the molecule is CCCCOc1ccc(C(=O)Oc2ccc(C=Nc3cccc(C)c3)cc2)cc1. The van der Waals surface area contributed by atoms with Gasteiger partial charge in [0.05, 0.1) is 17.9 Å². The third kappa shape index (κ3) is 6.32. The van der Waals surface area contributed by atoms with Gasteiger partial charge in [-0.15, -0.1) is 0 Å². The van der Waals surface area contributed by atoms with Crippen LogP contribution in [0.3, 0.4) is 0 Å². The normalized spacial score (nSPS) is 10.8. The monoisotopic (exact) mass is 387 g/mol. The molecule has 0 aromatic heterocycles. The molecule has 148 valence electrons. The Kier molecular flexibility index (Phi) is 7.17. The van der Waals surface area contributed by atoms with E-state index in [4.69, 9.17) is 9.47 Å². The molecule has 0 radical (unpaired) electrons. The minimum atomic E-state index is -0.397. The van der Waals surface area contributed by atoms with E-state index in [2.05, 4.69) is 11.9 Å². The Morgan fingerprint density at radius 2 is 1.69 bits per heavy atom. The highest BCUT2D eigenvalue weighted by molar-refractivity contribution is 5.91. The van der Waals surface area contributed by atoms with E-state index in [0.29, 0.717) is 17.9 Å². The van der Waals surface area contributed by atoms with Crippen LogP contribution in [0.5, 0.6) is 11.5 Å². The molecule has 4 nitrogen and oxygen atoms in total. The van der Waals surface area contributed by atoms with Gasteiger partial charge in [0, 0.05) is 6.21 Å². The largest absolute Gasteiger partial charge is 0.494 e. The molecule has 29 heavy (non-hydrogen) atoms. The van der Waals surface area contributed by atoms with Crippen LogP contribution < -0.4 is 9.47 Å². The van der Waals surface area contributed by atoms with Crippen molar-refractivity contribution in [3.63, 3.8) is 0 Å². The Labute approximate surface area is 171 Å². The molecule has 3 aromatic rings. The third-order valence-corrected chi connectivity index (χ3v) is 4.31. The number of ether oxygens (including phenoxy) is 2. The van der Waals surface area contributed by atoms with Crippen molar-refractivity contribution >= 4 is 17.9 Å². The zero-order valence-corrected chi connectivity index (χ0v) is 16.8. The van der Waals surface area contributed by atoms with Gasteiger partial charge in [0.25, 0.3) is 0 Å². The Hall–Kier alpha value is -3.40. The number of esters is 1. The minimum Gasteiger partial charge on any atom is -0.494 e. The Balaban J connectivity index is 1.57. The summed E-state index contributed by atoms with van der Waals surface area (Å²) in [7, 11) is 0. The highest BCUT2D eigenvalue weighted by atomic mass is 16.5. The molecule has 0 saturated heterocycles. The van der Waals surface area contributed by atoms with E-state index < -0.39 is 5.97 Å². The second-order valence-electron chi connectivity index (χ2n) is 6.78. The lowest BCUT2D eigenvalue weighted by molar-refractivity contribution is 0.0734. The van der Waals surface area contributed by atoms with Crippen LogP contribution in [-0.4, -0.2) is 18.8 Å². The summed E-state index contributed by atoms with van der Waals surface area (Å²) in [5.74, 6) is 0.851. The van der Waals surface area contributed by atoms with Gasteiger partial charge in [0.1, 0.15) is 11.5 Å². The van der Waals surface area contributed by atoms with Gasteiger partial charge in [0.2, 0.25) is 0 Å². The Bertz CT molecular complexity index is 960. The Morgan fingerprint density at radius 3 is 2.38 bits per heavy atom. The van der Waals surface area contributed by atoms with Crippen LogP contribution in [0.25, 0.3) is 0 Å². The van der Waals surface area contributed by atoms with Crippen molar-refractivity contribution in [3.05, 3.63) is 89.5 Å². The fourth-order valence-corrected chi connectivity index (χ4v) is 2.67. The molecule has 0 bridgehead atoms. The van der Waals surface area contributed by atoms with Crippen molar-refractivity contribution in [1.82, 2.24) is 0 Å².